The molecule has 3 aromatic rings. The van der Waals surface area contributed by atoms with Gasteiger partial charge in [0.2, 0.25) is 5.91 Å². The van der Waals surface area contributed by atoms with Gasteiger partial charge < -0.3 is 28.5 Å². The van der Waals surface area contributed by atoms with Gasteiger partial charge in [0.25, 0.3) is 0 Å². The maximum atomic E-state index is 13.8. The van der Waals surface area contributed by atoms with E-state index in [1.165, 1.54) is 103 Å². The highest BCUT2D eigenvalue weighted by Gasteiger charge is 2.53. The predicted molar refractivity (Wildman–Crippen MR) is 236 cm³/mol. The summed E-state index contributed by atoms with van der Waals surface area (Å²) in [6.45, 7) is 5.04. The van der Waals surface area contributed by atoms with E-state index in [2.05, 4.69) is 6.92 Å². The number of hydrogen-bond donors (Lipinski definition) is 1. The van der Waals surface area contributed by atoms with E-state index in [0.717, 1.165) is 36.0 Å². The van der Waals surface area contributed by atoms with Gasteiger partial charge in [-0.25, -0.2) is 0 Å². The van der Waals surface area contributed by atoms with Crippen LogP contribution < -0.4 is 0 Å². The molecule has 1 aliphatic rings. The van der Waals surface area contributed by atoms with Crippen molar-refractivity contribution in [1.29, 1.82) is 0 Å². The molecule has 0 radical (unpaired) electrons. The Hall–Kier alpha value is -2.84. The first-order valence-electron chi connectivity index (χ1n) is 22.6. The zero-order valence-corrected chi connectivity index (χ0v) is 36.6. The molecule has 1 aliphatic heterocycles. The third-order valence-corrected chi connectivity index (χ3v) is 12.8. The van der Waals surface area contributed by atoms with Crippen molar-refractivity contribution in [3.05, 3.63) is 108 Å². The summed E-state index contributed by atoms with van der Waals surface area (Å²) in [5.41, 5.74) is 2.95. The Labute approximate surface area is 350 Å². The molecule has 1 unspecified atom stereocenters. The minimum atomic E-state index is -4.12. The SMILES string of the molecule is CCCCCCCCCCCCCCCCCCCCOP(=O)(O)C[C@@H]1[C@@H](OCc2ccccc2)[C@H](OCc2ccccc2)[C@@H](COCc2ccccc2)N1C(C)=O. The largest absolute Gasteiger partial charge is 0.375 e. The second-order valence-electron chi connectivity index (χ2n) is 16.2. The topological polar surface area (TPSA) is 94.5 Å². The Morgan fingerprint density at radius 2 is 0.948 bits per heavy atom. The van der Waals surface area contributed by atoms with Crippen LogP contribution in [0.4, 0.5) is 0 Å². The van der Waals surface area contributed by atoms with E-state index in [9.17, 15) is 14.3 Å². The van der Waals surface area contributed by atoms with Crippen molar-refractivity contribution in [2.45, 2.75) is 174 Å². The van der Waals surface area contributed by atoms with E-state index in [4.69, 9.17) is 18.7 Å². The van der Waals surface area contributed by atoms with Crippen molar-refractivity contribution < 1.29 is 33.0 Å². The number of unbranched alkanes of at least 4 members (excludes halogenated alkanes) is 17. The minimum absolute atomic E-state index is 0.172. The molecule has 1 fully saturated rings. The summed E-state index contributed by atoms with van der Waals surface area (Å²) in [5.74, 6) is -0.235. The number of amides is 1. The predicted octanol–water partition coefficient (Wildman–Crippen LogP) is 12.2. The Morgan fingerprint density at radius 3 is 1.36 bits per heavy atom. The summed E-state index contributed by atoms with van der Waals surface area (Å²) in [5, 5.41) is 0. The number of likely N-dealkylation sites (tertiary alicyclic amines) is 1. The zero-order valence-electron chi connectivity index (χ0n) is 35.7. The number of rotatable bonds is 32. The first kappa shape index (κ1) is 47.8. The second-order valence-corrected chi connectivity index (χ2v) is 18.1. The molecule has 5 atom stereocenters. The average Bonchev–Trinajstić information content (AvgIpc) is 3.51. The molecule has 4 rings (SSSR count). The van der Waals surface area contributed by atoms with Crippen LogP contribution in [-0.2, 0) is 47.9 Å². The van der Waals surface area contributed by atoms with E-state index in [-0.39, 0.29) is 38.5 Å². The van der Waals surface area contributed by atoms with Crippen LogP contribution in [0.5, 0.6) is 0 Å². The minimum Gasteiger partial charge on any atom is -0.375 e. The molecule has 3 aromatic carbocycles. The van der Waals surface area contributed by atoms with Crippen molar-refractivity contribution in [2.24, 2.45) is 0 Å². The number of benzene rings is 3. The lowest BCUT2D eigenvalue weighted by molar-refractivity contribution is -0.134. The summed E-state index contributed by atoms with van der Waals surface area (Å²) >= 11 is 0. The summed E-state index contributed by atoms with van der Waals surface area (Å²) in [6, 6.07) is 28.2. The molecule has 8 nitrogen and oxygen atoms in total. The monoisotopic (exact) mass is 820 g/mol. The van der Waals surface area contributed by atoms with Gasteiger partial charge in [-0.3, -0.25) is 9.36 Å². The van der Waals surface area contributed by atoms with Gasteiger partial charge >= 0.3 is 7.60 Å². The Balaban J connectivity index is 1.27. The van der Waals surface area contributed by atoms with Crippen LogP contribution in [0.3, 0.4) is 0 Å². The Morgan fingerprint density at radius 1 is 0.569 bits per heavy atom. The fourth-order valence-corrected chi connectivity index (χ4v) is 9.53. The molecule has 1 heterocycles. The van der Waals surface area contributed by atoms with Crippen molar-refractivity contribution in [3.63, 3.8) is 0 Å². The first-order chi connectivity index (χ1) is 28.4. The molecule has 0 spiro atoms. The number of carbonyl (C=O) groups excluding carboxylic acids is 1. The van der Waals surface area contributed by atoms with Crippen LogP contribution in [0.15, 0.2) is 91.0 Å². The maximum Gasteiger partial charge on any atom is 0.330 e. The Bertz CT molecular complexity index is 1530. The van der Waals surface area contributed by atoms with E-state index >= 15 is 0 Å². The van der Waals surface area contributed by atoms with Crippen LogP contribution >= 0.6 is 7.60 Å². The third-order valence-electron chi connectivity index (χ3n) is 11.3. The third kappa shape index (κ3) is 18.6. The van der Waals surface area contributed by atoms with Gasteiger partial charge in [0.1, 0.15) is 12.2 Å². The number of ether oxygens (including phenoxy) is 3. The summed E-state index contributed by atoms with van der Waals surface area (Å²) in [6.07, 6.45) is 21.5. The summed E-state index contributed by atoms with van der Waals surface area (Å²) in [7, 11) is -4.12. The van der Waals surface area contributed by atoms with Crippen molar-refractivity contribution in [1.82, 2.24) is 4.90 Å². The average molecular weight is 820 g/mol. The molecule has 1 amide bonds. The van der Waals surface area contributed by atoms with Crippen LogP contribution in [0.25, 0.3) is 0 Å². The highest BCUT2D eigenvalue weighted by molar-refractivity contribution is 7.52. The van der Waals surface area contributed by atoms with Gasteiger partial charge in [-0.2, -0.15) is 0 Å². The summed E-state index contributed by atoms with van der Waals surface area (Å²) in [4.78, 5) is 26.5. The standard InChI is InChI=1S/C49H74NO7P/c1-3-4-5-6-7-8-9-10-11-12-13-14-15-16-17-18-19-29-36-57-58(52,53)41-47-49(56-39-45-34-27-22-28-35-45)48(55-38-44-32-25-21-26-33-44)46(50(47)42(2)51)40-54-37-43-30-23-20-24-31-43/h20-28,30-35,46-49H,3-19,29,36-41H2,1-2H3,(H,52,53)/t46-,47-,48-,49-/m1/s1. The quantitative estimate of drug-likeness (QED) is 0.0495. The first-order valence-corrected chi connectivity index (χ1v) is 24.3. The van der Waals surface area contributed by atoms with Crippen LogP contribution in [-0.4, -0.2) is 59.4 Å². The van der Waals surface area contributed by atoms with Crippen LogP contribution in [0.1, 0.15) is 146 Å². The molecule has 58 heavy (non-hydrogen) atoms. The van der Waals surface area contributed by atoms with E-state index in [0.29, 0.717) is 6.61 Å². The second kappa shape index (κ2) is 28.6. The molecule has 0 aromatic heterocycles. The smallest absolute Gasteiger partial charge is 0.330 e. The molecule has 0 aliphatic carbocycles. The fourth-order valence-electron chi connectivity index (χ4n) is 8.15. The van der Waals surface area contributed by atoms with Gasteiger partial charge in [0.15, 0.2) is 0 Å². The van der Waals surface area contributed by atoms with Crippen LogP contribution in [0, 0.1) is 0 Å². The summed E-state index contributed by atoms with van der Waals surface area (Å²) < 4.78 is 39.0. The lowest BCUT2D eigenvalue weighted by Gasteiger charge is -2.31. The molecule has 1 N–H and O–H groups in total. The lowest BCUT2D eigenvalue weighted by Crippen LogP contribution is -2.46. The molecule has 9 heteroatoms. The van der Waals surface area contributed by atoms with Gasteiger partial charge in [0.05, 0.1) is 51.3 Å². The normalized spacial score (nSPS) is 19.1. The maximum absolute atomic E-state index is 13.8. The lowest BCUT2D eigenvalue weighted by atomic mass is 10.0. The Kier molecular flexibility index (Phi) is 23.6. The molecule has 322 valence electrons. The van der Waals surface area contributed by atoms with Gasteiger partial charge in [-0.1, -0.05) is 207 Å². The highest BCUT2D eigenvalue weighted by Crippen LogP contribution is 2.47. The molecular formula is C49H74NO7P. The van der Waals surface area contributed by atoms with E-state index in [1.54, 1.807) is 4.90 Å². The number of carbonyl (C=O) groups is 1. The van der Waals surface area contributed by atoms with E-state index in [1.807, 2.05) is 91.0 Å². The van der Waals surface area contributed by atoms with Crippen molar-refractivity contribution in [2.75, 3.05) is 19.4 Å². The van der Waals surface area contributed by atoms with Gasteiger partial charge in [-0.05, 0) is 23.1 Å². The number of nitrogens with zero attached hydrogens (tertiary/aromatic N) is 1. The number of hydrogen-bond acceptors (Lipinski definition) is 6. The zero-order chi connectivity index (χ0) is 41.1. The molecule has 1 saturated heterocycles. The van der Waals surface area contributed by atoms with Crippen LogP contribution in [0.2, 0.25) is 0 Å². The van der Waals surface area contributed by atoms with E-state index < -0.39 is 31.9 Å². The van der Waals surface area contributed by atoms with Crippen molar-refractivity contribution in [3.8, 4) is 0 Å². The molecular weight excluding hydrogens is 746 g/mol. The molecule has 0 saturated carbocycles. The fraction of sp³-hybridized carbons (Fsp3) is 0.612. The van der Waals surface area contributed by atoms with Gasteiger partial charge in [0, 0.05) is 6.92 Å². The van der Waals surface area contributed by atoms with Crippen molar-refractivity contribution >= 4 is 13.5 Å². The van der Waals surface area contributed by atoms with Gasteiger partial charge in [-0.15, -0.1) is 0 Å². The highest BCUT2D eigenvalue weighted by atomic mass is 31.2. The molecule has 0 bridgehead atoms.